The molecule has 4 heterocycles. The van der Waals surface area contributed by atoms with Crippen molar-refractivity contribution in [2.24, 2.45) is 0 Å². The number of carbonyl (C=O) groups excluding carboxylic acids is 3. The van der Waals surface area contributed by atoms with E-state index >= 15 is 0 Å². The van der Waals surface area contributed by atoms with E-state index in [2.05, 4.69) is 4.98 Å². The molecule has 0 N–H and O–H groups in total. The second kappa shape index (κ2) is 14.4. The van der Waals surface area contributed by atoms with Crippen LogP contribution in [-0.2, 0) is 14.2 Å². The van der Waals surface area contributed by atoms with Crippen LogP contribution in [0, 0.1) is 27.7 Å². The molecular weight excluding hydrogens is 610 g/mol. The van der Waals surface area contributed by atoms with E-state index in [4.69, 9.17) is 29.3 Å². The number of carbonyl (C=O) groups is 3. The molecule has 48 heavy (non-hydrogen) atoms. The van der Waals surface area contributed by atoms with Crippen molar-refractivity contribution in [3.63, 3.8) is 0 Å². The fourth-order valence-electron chi connectivity index (χ4n) is 5.40. The van der Waals surface area contributed by atoms with Gasteiger partial charge in [0.05, 0.1) is 87.6 Å². The van der Waals surface area contributed by atoms with Crippen molar-refractivity contribution in [3.8, 4) is 39.6 Å². The maximum absolute atomic E-state index is 12.5. The van der Waals surface area contributed by atoms with Crippen LogP contribution in [0.2, 0.25) is 0 Å². The Hall–Kier alpha value is -5.71. The maximum Gasteiger partial charge on any atom is 0.339 e. The van der Waals surface area contributed by atoms with Gasteiger partial charge in [-0.05, 0) is 97.0 Å². The predicted molar refractivity (Wildman–Crippen MR) is 180 cm³/mol. The molecule has 0 atom stereocenters. The smallest absolute Gasteiger partial charge is 0.339 e. The van der Waals surface area contributed by atoms with Crippen LogP contribution in [0.25, 0.3) is 39.6 Å². The summed E-state index contributed by atoms with van der Waals surface area (Å²) in [6, 6.07) is 18.2. The van der Waals surface area contributed by atoms with Crippen LogP contribution in [0.5, 0.6) is 0 Å². The van der Waals surface area contributed by atoms with E-state index in [1.807, 2.05) is 35.9 Å². The van der Waals surface area contributed by atoms with Crippen molar-refractivity contribution in [1.82, 2.24) is 24.7 Å². The summed E-state index contributed by atoms with van der Waals surface area (Å²) in [5.41, 5.74) is 8.37. The molecule has 0 radical (unpaired) electrons. The minimum Gasteiger partial charge on any atom is -0.462 e. The van der Waals surface area contributed by atoms with Gasteiger partial charge in [-0.3, -0.25) is 15.0 Å². The van der Waals surface area contributed by atoms with Gasteiger partial charge in [0.2, 0.25) is 0 Å². The Labute approximate surface area is 278 Å². The Balaban J connectivity index is 1.59. The third kappa shape index (κ3) is 6.71. The molecule has 0 fully saturated rings. The van der Waals surface area contributed by atoms with Gasteiger partial charge in [-0.1, -0.05) is 12.1 Å². The van der Waals surface area contributed by atoms with Gasteiger partial charge >= 0.3 is 17.9 Å². The number of esters is 3. The molecule has 5 rings (SSSR count). The summed E-state index contributed by atoms with van der Waals surface area (Å²) in [6.07, 6.45) is 0. The summed E-state index contributed by atoms with van der Waals surface area (Å²) in [7, 11) is 0. The zero-order valence-electron chi connectivity index (χ0n) is 28.1. The summed E-state index contributed by atoms with van der Waals surface area (Å²) in [4.78, 5) is 51.4. The van der Waals surface area contributed by atoms with Gasteiger partial charge < -0.3 is 14.2 Å². The van der Waals surface area contributed by atoms with E-state index in [1.54, 1.807) is 77.9 Å². The molecule has 246 valence electrons. The number of rotatable bonds is 10. The molecule has 11 nitrogen and oxygen atoms in total. The number of pyridine rings is 3. The number of hydrogen-bond donors (Lipinski definition) is 0. The molecule has 0 aliphatic carbocycles. The Morgan fingerprint density at radius 1 is 0.562 bits per heavy atom. The van der Waals surface area contributed by atoms with E-state index in [1.165, 1.54) is 0 Å². The molecule has 0 saturated heterocycles. The highest BCUT2D eigenvalue weighted by atomic mass is 16.5. The molecular formula is C37H37N5O6. The monoisotopic (exact) mass is 647 g/mol. The first-order valence-corrected chi connectivity index (χ1v) is 15.7. The maximum atomic E-state index is 12.5. The van der Waals surface area contributed by atoms with Crippen LogP contribution in [0.1, 0.15) is 74.6 Å². The molecule has 0 aliphatic heterocycles. The molecule has 0 amide bonds. The Bertz CT molecular complexity index is 2020. The van der Waals surface area contributed by atoms with Crippen molar-refractivity contribution in [2.45, 2.75) is 48.5 Å². The summed E-state index contributed by atoms with van der Waals surface area (Å²) >= 11 is 0. The van der Waals surface area contributed by atoms with Crippen LogP contribution < -0.4 is 0 Å². The average molecular weight is 648 g/mol. The Morgan fingerprint density at radius 2 is 0.979 bits per heavy atom. The third-order valence-corrected chi connectivity index (χ3v) is 7.77. The van der Waals surface area contributed by atoms with Gasteiger partial charge in [0.25, 0.3) is 0 Å². The van der Waals surface area contributed by atoms with Gasteiger partial charge in [-0.15, -0.1) is 0 Å². The predicted octanol–water partition coefficient (Wildman–Crippen LogP) is 6.82. The summed E-state index contributed by atoms with van der Waals surface area (Å²) < 4.78 is 17.3. The summed E-state index contributed by atoms with van der Waals surface area (Å²) in [5, 5.41) is 5.00. The first-order valence-electron chi connectivity index (χ1n) is 15.7. The molecule has 1 aromatic carbocycles. The highest BCUT2D eigenvalue weighted by Crippen LogP contribution is 2.35. The van der Waals surface area contributed by atoms with Gasteiger partial charge in [-0.25, -0.2) is 19.1 Å². The van der Waals surface area contributed by atoms with Crippen LogP contribution in [-0.4, -0.2) is 62.5 Å². The summed E-state index contributed by atoms with van der Waals surface area (Å²) in [6.45, 7) is 13.3. The molecule has 0 bridgehead atoms. The Kier molecular flexibility index (Phi) is 10.1. The minimum absolute atomic E-state index is 0.258. The summed E-state index contributed by atoms with van der Waals surface area (Å²) in [5.74, 6) is -1.28. The molecule has 0 aliphatic rings. The second-order valence-electron chi connectivity index (χ2n) is 10.9. The molecule has 4 aromatic heterocycles. The van der Waals surface area contributed by atoms with E-state index < -0.39 is 17.9 Å². The zero-order valence-corrected chi connectivity index (χ0v) is 28.1. The van der Waals surface area contributed by atoms with Gasteiger partial charge in [-0.2, -0.15) is 5.10 Å². The average Bonchev–Trinajstić information content (AvgIpc) is 3.41. The number of ether oxygens (including phenoxy) is 3. The van der Waals surface area contributed by atoms with E-state index in [0.29, 0.717) is 63.2 Å². The van der Waals surface area contributed by atoms with Crippen molar-refractivity contribution in [1.29, 1.82) is 0 Å². The van der Waals surface area contributed by atoms with Crippen LogP contribution in [0.4, 0.5) is 0 Å². The molecule has 0 saturated carbocycles. The lowest BCUT2D eigenvalue weighted by molar-refractivity contribution is 0.0515. The van der Waals surface area contributed by atoms with E-state index in [0.717, 1.165) is 22.5 Å². The number of hydrogen-bond acceptors (Lipinski definition) is 10. The lowest BCUT2D eigenvalue weighted by atomic mass is 10.0. The molecule has 11 heteroatoms. The lowest BCUT2D eigenvalue weighted by Crippen LogP contribution is -2.08. The zero-order chi connectivity index (χ0) is 34.5. The van der Waals surface area contributed by atoms with Crippen LogP contribution in [0.15, 0.2) is 60.7 Å². The first kappa shape index (κ1) is 33.6. The lowest BCUT2D eigenvalue weighted by Gasteiger charge is -2.10. The van der Waals surface area contributed by atoms with Crippen molar-refractivity contribution >= 4 is 17.9 Å². The third-order valence-electron chi connectivity index (χ3n) is 7.77. The van der Waals surface area contributed by atoms with Crippen LogP contribution in [0.3, 0.4) is 0 Å². The number of aromatic nitrogens is 5. The quantitative estimate of drug-likeness (QED) is 0.117. The minimum atomic E-state index is -0.442. The standard InChI is InChI=1S/C37H37N5O6/c1-8-46-35(43)27-15-18-30(38-21(27)4)25-11-13-26(14-12-25)42-24(7)33(31-19-16-28(22(5)39-31)36(44)47-9-2)34(41-42)32-20-17-29(23(6)40-32)37(45)48-10-3/h11-20H,8-10H2,1-7H3. The topological polar surface area (TPSA) is 135 Å². The normalized spacial score (nSPS) is 10.9. The number of benzene rings is 1. The van der Waals surface area contributed by atoms with Gasteiger partial charge in [0.15, 0.2) is 0 Å². The molecule has 5 aromatic rings. The fourth-order valence-corrected chi connectivity index (χ4v) is 5.40. The fraction of sp³-hybridized carbons (Fsp3) is 0.270. The molecule has 0 unspecified atom stereocenters. The SMILES string of the molecule is CCOC(=O)c1ccc(-c2ccc(-n3nc(-c4ccc(C(=O)OCC)c(C)n4)c(-c4ccc(C(=O)OCC)c(C)n4)c3C)cc2)nc1C. The van der Waals surface area contributed by atoms with E-state index in [-0.39, 0.29) is 13.2 Å². The molecule has 0 spiro atoms. The van der Waals surface area contributed by atoms with Crippen LogP contribution >= 0.6 is 0 Å². The largest absolute Gasteiger partial charge is 0.462 e. The first-order chi connectivity index (χ1) is 23.1. The van der Waals surface area contributed by atoms with Crippen molar-refractivity contribution in [3.05, 3.63) is 100 Å². The highest BCUT2D eigenvalue weighted by Gasteiger charge is 2.24. The Morgan fingerprint density at radius 3 is 1.44 bits per heavy atom. The van der Waals surface area contributed by atoms with Gasteiger partial charge in [0.1, 0.15) is 5.69 Å². The highest BCUT2D eigenvalue weighted by molar-refractivity contribution is 5.93. The van der Waals surface area contributed by atoms with Crippen molar-refractivity contribution in [2.75, 3.05) is 19.8 Å². The number of aryl methyl sites for hydroxylation is 3. The van der Waals surface area contributed by atoms with Gasteiger partial charge in [0, 0.05) is 5.56 Å². The van der Waals surface area contributed by atoms with E-state index in [9.17, 15) is 14.4 Å². The second-order valence-corrected chi connectivity index (χ2v) is 10.9. The van der Waals surface area contributed by atoms with Crippen molar-refractivity contribution < 1.29 is 28.6 Å². The number of nitrogens with zero attached hydrogens (tertiary/aromatic N) is 5.